The van der Waals surface area contributed by atoms with Crippen LogP contribution in [0.2, 0.25) is 0 Å². The van der Waals surface area contributed by atoms with E-state index >= 15 is 0 Å². The first kappa shape index (κ1) is 27.3. The summed E-state index contributed by atoms with van der Waals surface area (Å²) in [6, 6.07) is 6.08. The molecule has 1 aliphatic heterocycles. The average Bonchev–Trinajstić information content (AvgIpc) is 2.77. The maximum Gasteiger partial charge on any atom is 0.308 e. The molecular formula is C22H37IN4O4. The van der Waals surface area contributed by atoms with Gasteiger partial charge in [-0.2, -0.15) is 0 Å². The van der Waals surface area contributed by atoms with Crippen molar-refractivity contribution >= 4 is 35.9 Å². The van der Waals surface area contributed by atoms with Crippen LogP contribution >= 0.6 is 24.0 Å². The summed E-state index contributed by atoms with van der Waals surface area (Å²) >= 11 is 0. The molecule has 1 aromatic carbocycles. The number of benzene rings is 1. The van der Waals surface area contributed by atoms with E-state index in [2.05, 4.69) is 28.1 Å². The van der Waals surface area contributed by atoms with E-state index in [9.17, 15) is 4.79 Å². The summed E-state index contributed by atoms with van der Waals surface area (Å²) in [7, 11) is 8.83. The van der Waals surface area contributed by atoms with E-state index in [1.54, 1.807) is 14.2 Å². The number of aliphatic imine (C=N–C) groups is 1. The van der Waals surface area contributed by atoms with Gasteiger partial charge in [0, 0.05) is 19.6 Å². The molecule has 176 valence electrons. The second kappa shape index (κ2) is 13.6. The van der Waals surface area contributed by atoms with E-state index in [4.69, 9.17) is 19.2 Å². The fourth-order valence-corrected chi connectivity index (χ4v) is 3.72. The van der Waals surface area contributed by atoms with Crippen LogP contribution in [0.4, 0.5) is 0 Å². The minimum Gasteiger partial charge on any atom is -0.493 e. The van der Waals surface area contributed by atoms with Crippen molar-refractivity contribution in [3.05, 3.63) is 23.8 Å². The van der Waals surface area contributed by atoms with Crippen molar-refractivity contribution in [3.8, 4) is 11.5 Å². The van der Waals surface area contributed by atoms with Crippen molar-refractivity contribution in [2.45, 2.75) is 25.8 Å². The fraction of sp³-hybridized carbons (Fsp3) is 0.636. The number of guanidine groups is 1. The van der Waals surface area contributed by atoms with Gasteiger partial charge >= 0.3 is 5.97 Å². The summed E-state index contributed by atoms with van der Waals surface area (Å²) in [5.74, 6) is 2.17. The average molecular weight is 548 g/mol. The van der Waals surface area contributed by atoms with Crippen molar-refractivity contribution in [2.75, 3.05) is 61.6 Å². The fourth-order valence-electron chi connectivity index (χ4n) is 3.72. The van der Waals surface area contributed by atoms with Crippen LogP contribution in [0.15, 0.2) is 23.2 Å². The van der Waals surface area contributed by atoms with Crippen LogP contribution in [0, 0.1) is 5.92 Å². The number of nitrogens with zero attached hydrogens (tertiary/aromatic N) is 3. The Labute approximate surface area is 203 Å². The van der Waals surface area contributed by atoms with E-state index in [0.29, 0.717) is 18.0 Å². The lowest BCUT2D eigenvalue weighted by molar-refractivity contribution is -0.146. The maximum atomic E-state index is 11.8. The Morgan fingerprint density at radius 3 is 2.35 bits per heavy atom. The van der Waals surface area contributed by atoms with Crippen LogP contribution in [0.3, 0.4) is 0 Å². The number of piperidine rings is 1. The first-order chi connectivity index (χ1) is 14.4. The molecule has 1 unspecified atom stereocenters. The van der Waals surface area contributed by atoms with Gasteiger partial charge in [-0.05, 0) is 51.6 Å². The Morgan fingerprint density at radius 1 is 1.19 bits per heavy atom. The minimum absolute atomic E-state index is 0. The molecule has 0 radical (unpaired) electrons. The molecule has 1 atom stereocenters. The Morgan fingerprint density at radius 2 is 1.84 bits per heavy atom. The number of rotatable bonds is 8. The third-order valence-electron chi connectivity index (χ3n) is 5.49. The molecule has 0 bridgehead atoms. The molecular weight excluding hydrogens is 511 g/mol. The van der Waals surface area contributed by atoms with Gasteiger partial charge in [-0.25, -0.2) is 0 Å². The number of methoxy groups -OCH3 is 3. The SMILES string of the molecule is CCNC(=NCC(c1ccc(OC)c(OC)c1)N(C)C)N1CCC(C(=O)OC)CC1.I. The summed E-state index contributed by atoms with van der Waals surface area (Å²) < 4.78 is 15.7. The summed E-state index contributed by atoms with van der Waals surface area (Å²) in [6.07, 6.45) is 1.56. The van der Waals surface area contributed by atoms with Crippen molar-refractivity contribution in [1.29, 1.82) is 0 Å². The van der Waals surface area contributed by atoms with E-state index in [-0.39, 0.29) is 41.9 Å². The van der Waals surface area contributed by atoms with Gasteiger partial charge in [0.1, 0.15) is 0 Å². The monoisotopic (exact) mass is 548 g/mol. The topological polar surface area (TPSA) is 75.6 Å². The highest BCUT2D eigenvalue weighted by molar-refractivity contribution is 14.0. The zero-order chi connectivity index (χ0) is 22.1. The quantitative estimate of drug-likeness (QED) is 0.232. The largest absolute Gasteiger partial charge is 0.493 e. The van der Waals surface area contributed by atoms with Crippen molar-refractivity contribution in [2.24, 2.45) is 10.9 Å². The highest BCUT2D eigenvalue weighted by Crippen LogP contribution is 2.31. The van der Waals surface area contributed by atoms with Gasteiger partial charge in [0.15, 0.2) is 17.5 Å². The maximum absolute atomic E-state index is 11.8. The third kappa shape index (κ3) is 7.41. The van der Waals surface area contributed by atoms with Crippen LogP contribution < -0.4 is 14.8 Å². The Kier molecular flexibility index (Phi) is 12.0. The molecule has 0 saturated carbocycles. The normalized spacial score (nSPS) is 15.8. The molecule has 9 heteroatoms. The van der Waals surface area contributed by atoms with E-state index < -0.39 is 0 Å². The lowest BCUT2D eigenvalue weighted by atomic mass is 9.97. The molecule has 0 aromatic heterocycles. The number of ether oxygens (including phenoxy) is 3. The van der Waals surface area contributed by atoms with Gasteiger partial charge in [0.2, 0.25) is 0 Å². The molecule has 0 spiro atoms. The standard InChI is InChI=1S/C22H36N4O4.HI/c1-7-23-22(26-12-10-16(11-13-26)21(27)30-6)24-15-18(25(2)3)17-8-9-19(28-4)20(14-17)29-5;/h8-9,14,16,18H,7,10-13,15H2,1-6H3,(H,23,24);1H. The number of hydrogen-bond donors (Lipinski definition) is 1. The number of carbonyl (C=O) groups is 1. The molecule has 1 heterocycles. The molecule has 1 aromatic rings. The van der Waals surface area contributed by atoms with Gasteiger partial charge in [-0.1, -0.05) is 6.07 Å². The number of nitrogens with one attached hydrogen (secondary N) is 1. The van der Waals surface area contributed by atoms with Gasteiger partial charge < -0.3 is 29.3 Å². The Bertz CT molecular complexity index is 721. The van der Waals surface area contributed by atoms with Crippen LogP contribution in [0.5, 0.6) is 11.5 Å². The Balaban J connectivity index is 0.00000480. The number of carbonyl (C=O) groups excluding carboxylic acids is 1. The number of esters is 1. The van der Waals surface area contributed by atoms with Crippen LogP contribution in [-0.4, -0.2) is 83.3 Å². The number of likely N-dealkylation sites (tertiary alicyclic amines) is 1. The minimum atomic E-state index is -0.113. The molecule has 1 aliphatic rings. The molecule has 31 heavy (non-hydrogen) atoms. The number of halogens is 1. The van der Waals surface area contributed by atoms with Crippen molar-refractivity contribution in [3.63, 3.8) is 0 Å². The lowest BCUT2D eigenvalue weighted by Gasteiger charge is -2.33. The molecule has 8 nitrogen and oxygen atoms in total. The number of hydrogen-bond acceptors (Lipinski definition) is 6. The highest BCUT2D eigenvalue weighted by Gasteiger charge is 2.27. The Hall–Kier alpha value is -1.75. The van der Waals surface area contributed by atoms with E-state index in [1.807, 2.05) is 26.2 Å². The van der Waals surface area contributed by atoms with Gasteiger partial charge in [0.05, 0.1) is 39.8 Å². The first-order valence-electron chi connectivity index (χ1n) is 10.4. The summed E-state index contributed by atoms with van der Waals surface area (Å²) in [5.41, 5.74) is 1.11. The molecule has 0 amide bonds. The van der Waals surface area contributed by atoms with Gasteiger partial charge in [-0.15, -0.1) is 24.0 Å². The summed E-state index contributed by atoms with van der Waals surface area (Å²) in [6.45, 7) is 5.03. The van der Waals surface area contributed by atoms with Crippen molar-refractivity contribution in [1.82, 2.24) is 15.1 Å². The molecule has 2 rings (SSSR count). The number of likely N-dealkylation sites (N-methyl/N-ethyl adjacent to an activating group) is 1. The van der Waals surface area contributed by atoms with Crippen LogP contribution in [0.1, 0.15) is 31.4 Å². The van der Waals surface area contributed by atoms with E-state index in [0.717, 1.165) is 44.0 Å². The first-order valence-corrected chi connectivity index (χ1v) is 10.4. The summed E-state index contributed by atoms with van der Waals surface area (Å²) in [5, 5.41) is 3.39. The van der Waals surface area contributed by atoms with Gasteiger partial charge in [-0.3, -0.25) is 9.79 Å². The van der Waals surface area contributed by atoms with Crippen molar-refractivity contribution < 1.29 is 19.0 Å². The second-order valence-electron chi connectivity index (χ2n) is 7.57. The molecule has 1 fully saturated rings. The zero-order valence-corrected chi connectivity index (χ0v) is 21.8. The van der Waals surface area contributed by atoms with E-state index in [1.165, 1.54) is 7.11 Å². The highest BCUT2D eigenvalue weighted by atomic mass is 127. The van der Waals surface area contributed by atoms with Crippen LogP contribution in [0.25, 0.3) is 0 Å². The molecule has 0 aliphatic carbocycles. The van der Waals surface area contributed by atoms with Gasteiger partial charge in [0.25, 0.3) is 0 Å². The second-order valence-corrected chi connectivity index (χ2v) is 7.57. The predicted molar refractivity (Wildman–Crippen MR) is 134 cm³/mol. The zero-order valence-electron chi connectivity index (χ0n) is 19.5. The smallest absolute Gasteiger partial charge is 0.308 e. The van der Waals surface area contributed by atoms with Crippen LogP contribution in [-0.2, 0) is 9.53 Å². The predicted octanol–water partition coefficient (Wildman–Crippen LogP) is 2.78. The molecule has 1 saturated heterocycles. The molecule has 1 N–H and O–H groups in total. The third-order valence-corrected chi connectivity index (χ3v) is 5.49. The summed E-state index contributed by atoms with van der Waals surface area (Å²) in [4.78, 5) is 21.1. The lowest BCUT2D eigenvalue weighted by Crippen LogP contribution is -2.47.